The lowest BCUT2D eigenvalue weighted by atomic mass is 10.1. The fraction of sp³-hybridized carbons (Fsp3) is 0.312. The molecule has 1 saturated carbocycles. The number of nitrogens with one attached hydrogen (secondary N) is 1. The average Bonchev–Trinajstić information content (AvgIpc) is 3.11. The first-order valence-corrected chi connectivity index (χ1v) is 7.89. The van der Waals surface area contributed by atoms with Crippen LogP contribution in [0, 0.1) is 0 Å². The van der Waals surface area contributed by atoms with Crippen LogP contribution in [-0.4, -0.2) is 35.7 Å². The topological polar surface area (TPSA) is 90.5 Å². The molecule has 122 valence electrons. The number of carbonyl (C=O) groups is 1. The Kier molecular flexibility index (Phi) is 3.78. The minimum atomic E-state index is -0.599. The van der Waals surface area contributed by atoms with Crippen LogP contribution in [0.15, 0.2) is 49.2 Å². The first-order chi connectivity index (χ1) is 11.8. The molecular weight excluding hydrogens is 306 g/mol. The number of hydrogen-bond acceptors (Lipinski definition) is 5. The highest BCUT2D eigenvalue weighted by Gasteiger charge is 2.27. The van der Waals surface area contributed by atoms with Gasteiger partial charge in [0.05, 0.1) is 18.6 Å². The summed E-state index contributed by atoms with van der Waals surface area (Å²) in [5.41, 5.74) is 1.84. The second-order valence-corrected chi connectivity index (χ2v) is 5.84. The number of hydrogen-bond donors (Lipinski definition) is 1. The first-order valence-electron chi connectivity index (χ1n) is 7.89. The molecule has 0 radical (unpaired) electrons. The molecule has 4 rings (SSSR count). The molecule has 2 aromatic heterocycles. The molecule has 0 aliphatic heterocycles. The molecule has 1 aliphatic carbocycles. The molecule has 1 atom stereocenters. The van der Waals surface area contributed by atoms with Crippen LogP contribution in [0.4, 0.5) is 0 Å². The monoisotopic (exact) mass is 323 g/mol. The predicted octanol–water partition coefficient (Wildman–Crippen LogP) is 1.11. The summed E-state index contributed by atoms with van der Waals surface area (Å²) in [6, 6.07) is 9.40. The molecule has 24 heavy (non-hydrogen) atoms. The zero-order valence-corrected chi connectivity index (χ0v) is 13.0. The van der Waals surface area contributed by atoms with Crippen LogP contribution in [0.25, 0.3) is 0 Å². The Labute approximate surface area is 138 Å². The van der Waals surface area contributed by atoms with Gasteiger partial charge in [-0.25, -0.2) is 9.67 Å². The number of rotatable bonds is 6. The highest BCUT2D eigenvalue weighted by Crippen LogP contribution is 2.35. The van der Waals surface area contributed by atoms with E-state index >= 15 is 0 Å². The van der Waals surface area contributed by atoms with Crippen molar-refractivity contribution in [1.29, 1.82) is 0 Å². The SMILES string of the molecule is O=C(NCc1cncn1C1CC1)C(c1ccccc1)n1cnnn1. The Hall–Kier alpha value is -3.03. The Balaban J connectivity index is 1.52. The van der Waals surface area contributed by atoms with Crippen molar-refractivity contribution in [3.8, 4) is 0 Å². The quantitative estimate of drug-likeness (QED) is 0.734. The minimum absolute atomic E-state index is 0.156. The van der Waals surface area contributed by atoms with E-state index in [0.717, 1.165) is 11.3 Å². The van der Waals surface area contributed by atoms with Gasteiger partial charge in [-0.3, -0.25) is 4.79 Å². The van der Waals surface area contributed by atoms with Crippen molar-refractivity contribution < 1.29 is 4.79 Å². The number of nitrogens with zero attached hydrogens (tertiary/aromatic N) is 6. The van der Waals surface area contributed by atoms with E-state index in [9.17, 15) is 4.79 Å². The Morgan fingerprint density at radius 2 is 2.08 bits per heavy atom. The number of amides is 1. The third-order valence-electron chi connectivity index (χ3n) is 4.12. The van der Waals surface area contributed by atoms with Crippen molar-refractivity contribution >= 4 is 5.91 Å². The van der Waals surface area contributed by atoms with Gasteiger partial charge in [0, 0.05) is 12.2 Å². The van der Waals surface area contributed by atoms with Crippen LogP contribution in [0.2, 0.25) is 0 Å². The van der Waals surface area contributed by atoms with Gasteiger partial charge in [-0.1, -0.05) is 30.3 Å². The predicted molar refractivity (Wildman–Crippen MR) is 84.7 cm³/mol. The molecular formula is C16H17N7O. The molecule has 1 aliphatic rings. The van der Waals surface area contributed by atoms with Crippen molar-refractivity contribution in [3.63, 3.8) is 0 Å². The van der Waals surface area contributed by atoms with Gasteiger partial charge in [0.25, 0.3) is 0 Å². The van der Waals surface area contributed by atoms with Gasteiger partial charge in [0.2, 0.25) is 5.91 Å². The largest absolute Gasteiger partial charge is 0.348 e. The average molecular weight is 323 g/mol. The van der Waals surface area contributed by atoms with E-state index in [-0.39, 0.29) is 5.91 Å². The number of tetrazole rings is 1. The Morgan fingerprint density at radius 3 is 2.79 bits per heavy atom. The summed E-state index contributed by atoms with van der Waals surface area (Å²) in [5, 5.41) is 14.2. The van der Waals surface area contributed by atoms with E-state index in [4.69, 9.17) is 0 Å². The van der Waals surface area contributed by atoms with Crippen LogP contribution < -0.4 is 5.32 Å². The summed E-state index contributed by atoms with van der Waals surface area (Å²) >= 11 is 0. The maximum Gasteiger partial charge on any atom is 0.249 e. The summed E-state index contributed by atoms with van der Waals surface area (Å²) in [6.45, 7) is 0.431. The summed E-state index contributed by atoms with van der Waals surface area (Å²) < 4.78 is 3.59. The van der Waals surface area contributed by atoms with Crippen LogP contribution in [0.1, 0.15) is 36.2 Å². The molecule has 0 saturated heterocycles. The molecule has 8 heteroatoms. The lowest BCUT2D eigenvalue weighted by molar-refractivity contribution is -0.123. The standard InChI is InChI=1S/C16H17N7O/c24-16(18-9-14-8-17-10-22(14)13-6-7-13)15(23-11-19-20-21-23)12-4-2-1-3-5-12/h1-5,8,10-11,13,15H,6-7,9H2,(H,18,24). The molecule has 1 N–H and O–H groups in total. The minimum Gasteiger partial charge on any atom is -0.348 e. The van der Waals surface area contributed by atoms with Crippen molar-refractivity contribution in [3.05, 3.63) is 60.4 Å². The van der Waals surface area contributed by atoms with E-state index < -0.39 is 6.04 Å². The summed E-state index contributed by atoms with van der Waals surface area (Å²) in [5.74, 6) is -0.156. The Bertz CT molecular complexity index is 808. The number of carbonyl (C=O) groups excluding carboxylic acids is 1. The fourth-order valence-electron chi connectivity index (χ4n) is 2.77. The van der Waals surface area contributed by atoms with Gasteiger partial charge >= 0.3 is 0 Å². The second kappa shape index (κ2) is 6.23. The van der Waals surface area contributed by atoms with E-state index in [2.05, 4.69) is 30.4 Å². The van der Waals surface area contributed by atoms with Crippen LogP contribution >= 0.6 is 0 Å². The van der Waals surface area contributed by atoms with Crippen molar-refractivity contribution in [2.24, 2.45) is 0 Å². The highest BCUT2D eigenvalue weighted by atomic mass is 16.2. The fourth-order valence-corrected chi connectivity index (χ4v) is 2.77. The van der Waals surface area contributed by atoms with Gasteiger partial charge in [-0.05, 0) is 28.8 Å². The van der Waals surface area contributed by atoms with Gasteiger partial charge in [-0.15, -0.1) is 5.10 Å². The number of benzene rings is 1. The summed E-state index contributed by atoms with van der Waals surface area (Å²) in [4.78, 5) is 17.0. The van der Waals surface area contributed by atoms with Crippen LogP contribution in [0.3, 0.4) is 0 Å². The van der Waals surface area contributed by atoms with Crippen molar-refractivity contribution in [1.82, 2.24) is 35.1 Å². The van der Waals surface area contributed by atoms with Gasteiger partial charge in [-0.2, -0.15) is 0 Å². The third-order valence-corrected chi connectivity index (χ3v) is 4.12. The molecule has 8 nitrogen and oxygen atoms in total. The van der Waals surface area contributed by atoms with Crippen molar-refractivity contribution in [2.45, 2.75) is 31.5 Å². The lowest BCUT2D eigenvalue weighted by Crippen LogP contribution is -2.33. The van der Waals surface area contributed by atoms with E-state index in [1.807, 2.05) is 36.7 Å². The molecule has 0 spiro atoms. The molecule has 1 fully saturated rings. The zero-order chi connectivity index (χ0) is 16.4. The zero-order valence-electron chi connectivity index (χ0n) is 13.0. The third kappa shape index (κ3) is 2.90. The summed E-state index contributed by atoms with van der Waals surface area (Å²) in [6.07, 6.45) is 7.43. The molecule has 1 unspecified atom stereocenters. The number of imidazole rings is 1. The van der Waals surface area contributed by atoms with E-state index in [1.165, 1.54) is 23.9 Å². The molecule has 0 bridgehead atoms. The summed E-state index contributed by atoms with van der Waals surface area (Å²) in [7, 11) is 0. The van der Waals surface area contributed by atoms with E-state index in [1.54, 1.807) is 6.20 Å². The van der Waals surface area contributed by atoms with Gasteiger partial charge in [0.1, 0.15) is 6.33 Å². The normalized spacial score (nSPS) is 15.2. The van der Waals surface area contributed by atoms with Crippen LogP contribution in [0.5, 0.6) is 0 Å². The van der Waals surface area contributed by atoms with E-state index in [0.29, 0.717) is 12.6 Å². The molecule has 1 amide bonds. The Morgan fingerprint density at radius 1 is 1.25 bits per heavy atom. The smallest absolute Gasteiger partial charge is 0.249 e. The maximum absolute atomic E-state index is 12.8. The molecule has 1 aromatic carbocycles. The molecule has 2 heterocycles. The second-order valence-electron chi connectivity index (χ2n) is 5.84. The molecule has 3 aromatic rings. The van der Waals surface area contributed by atoms with Crippen LogP contribution in [-0.2, 0) is 11.3 Å². The lowest BCUT2D eigenvalue weighted by Gasteiger charge is -2.17. The van der Waals surface area contributed by atoms with Crippen molar-refractivity contribution in [2.75, 3.05) is 0 Å². The number of aromatic nitrogens is 6. The van der Waals surface area contributed by atoms with Gasteiger partial charge in [0.15, 0.2) is 6.04 Å². The highest BCUT2D eigenvalue weighted by molar-refractivity contribution is 5.83. The maximum atomic E-state index is 12.8. The van der Waals surface area contributed by atoms with Gasteiger partial charge < -0.3 is 9.88 Å². The first kappa shape index (κ1) is 14.6.